The molecule has 0 spiro atoms. The first-order valence-electron chi connectivity index (χ1n) is 8.35. The van der Waals surface area contributed by atoms with E-state index in [0.717, 1.165) is 25.4 Å². The van der Waals surface area contributed by atoms with Gasteiger partial charge in [0.15, 0.2) is 0 Å². The summed E-state index contributed by atoms with van der Waals surface area (Å²) in [6, 6.07) is 7.92. The minimum Gasteiger partial charge on any atom is -0.298 e. The summed E-state index contributed by atoms with van der Waals surface area (Å²) in [6.07, 6.45) is 3.60. The molecule has 0 bridgehead atoms. The van der Waals surface area contributed by atoms with Crippen molar-refractivity contribution in [2.75, 3.05) is 26.2 Å². The standard InChI is InChI=1S/C17H26N2O2S/c1-3-15-4-8-17(9-5-15)22(20,21)19-12-10-18(11-13-19)14(2)16-6-7-16/h4-5,8-9,14,16H,3,6-7,10-13H2,1-2H3. The van der Waals surface area contributed by atoms with Gasteiger partial charge < -0.3 is 0 Å². The molecule has 1 unspecified atom stereocenters. The van der Waals surface area contributed by atoms with Crippen molar-refractivity contribution >= 4 is 10.0 Å². The molecule has 0 amide bonds. The third-order valence-electron chi connectivity index (χ3n) is 5.12. The van der Waals surface area contributed by atoms with Crippen LogP contribution in [0.3, 0.4) is 0 Å². The van der Waals surface area contributed by atoms with Gasteiger partial charge in [0.25, 0.3) is 0 Å². The van der Waals surface area contributed by atoms with Crippen molar-refractivity contribution in [1.82, 2.24) is 9.21 Å². The Morgan fingerprint density at radius 2 is 1.68 bits per heavy atom. The first-order chi connectivity index (χ1) is 10.5. The highest BCUT2D eigenvalue weighted by Crippen LogP contribution is 2.35. The van der Waals surface area contributed by atoms with Crippen LogP contribution in [0.4, 0.5) is 0 Å². The second-order valence-corrected chi connectivity index (χ2v) is 8.45. The fraction of sp³-hybridized carbons (Fsp3) is 0.647. The molecule has 1 aromatic rings. The van der Waals surface area contributed by atoms with Gasteiger partial charge >= 0.3 is 0 Å². The summed E-state index contributed by atoms with van der Waals surface area (Å²) in [5, 5.41) is 0. The van der Waals surface area contributed by atoms with E-state index in [2.05, 4.69) is 18.7 Å². The summed E-state index contributed by atoms with van der Waals surface area (Å²) < 4.78 is 27.1. The Hall–Kier alpha value is -0.910. The first kappa shape index (κ1) is 16.0. The molecule has 0 aromatic heterocycles. The number of nitrogens with zero attached hydrogens (tertiary/aromatic N) is 2. The van der Waals surface area contributed by atoms with Gasteiger partial charge in [-0.25, -0.2) is 8.42 Å². The molecule has 0 radical (unpaired) electrons. The number of hydrogen-bond donors (Lipinski definition) is 0. The minimum atomic E-state index is -3.33. The van der Waals surface area contributed by atoms with Crippen LogP contribution < -0.4 is 0 Å². The van der Waals surface area contributed by atoms with Crippen molar-refractivity contribution in [1.29, 1.82) is 0 Å². The van der Waals surface area contributed by atoms with Gasteiger partial charge in [-0.3, -0.25) is 4.90 Å². The van der Waals surface area contributed by atoms with Gasteiger partial charge in [0.05, 0.1) is 4.90 Å². The van der Waals surface area contributed by atoms with E-state index in [9.17, 15) is 8.42 Å². The Kier molecular flexibility index (Phi) is 4.57. The third kappa shape index (κ3) is 3.21. The average Bonchev–Trinajstić information content (AvgIpc) is 3.39. The van der Waals surface area contributed by atoms with Crippen molar-refractivity contribution in [2.24, 2.45) is 5.92 Å². The molecule has 1 aliphatic carbocycles. The fourth-order valence-electron chi connectivity index (χ4n) is 3.27. The molecule has 122 valence electrons. The molecular formula is C17H26N2O2S. The molecule has 1 atom stereocenters. The summed E-state index contributed by atoms with van der Waals surface area (Å²) in [4.78, 5) is 2.87. The Morgan fingerprint density at radius 1 is 1.09 bits per heavy atom. The number of sulfonamides is 1. The average molecular weight is 322 g/mol. The molecule has 2 aliphatic rings. The van der Waals surface area contributed by atoms with Crippen LogP contribution in [-0.4, -0.2) is 49.8 Å². The maximum atomic E-state index is 12.7. The summed E-state index contributed by atoms with van der Waals surface area (Å²) in [7, 11) is -3.33. The topological polar surface area (TPSA) is 40.6 Å². The van der Waals surface area contributed by atoms with Crippen molar-refractivity contribution in [3.63, 3.8) is 0 Å². The summed E-state index contributed by atoms with van der Waals surface area (Å²) in [6.45, 7) is 7.27. The molecule has 1 saturated heterocycles. The zero-order valence-electron chi connectivity index (χ0n) is 13.5. The molecule has 4 nitrogen and oxygen atoms in total. The molecule has 3 rings (SSSR count). The maximum absolute atomic E-state index is 12.7. The Morgan fingerprint density at radius 3 is 2.18 bits per heavy atom. The lowest BCUT2D eigenvalue weighted by Crippen LogP contribution is -2.51. The lowest BCUT2D eigenvalue weighted by molar-refractivity contribution is 0.133. The summed E-state index contributed by atoms with van der Waals surface area (Å²) >= 11 is 0. The Balaban J connectivity index is 1.65. The first-order valence-corrected chi connectivity index (χ1v) is 9.79. The van der Waals surface area contributed by atoms with E-state index >= 15 is 0 Å². The molecule has 1 saturated carbocycles. The van der Waals surface area contributed by atoms with Crippen LogP contribution in [0, 0.1) is 5.92 Å². The molecule has 2 fully saturated rings. The van der Waals surface area contributed by atoms with Crippen LogP contribution in [-0.2, 0) is 16.4 Å². The van der Waals surface area contributed by atoms with Gasteiger partial charge in [-0.05, 0) is 49.8 Å². The molecule has 0 N–H and O–H groups in total. The SMILES string of the molecule is CCc1ccc(S(=O)(=O)N2CCN(C(C)C3CC3)CC2)cc1. The Bertz CT molecular complexity index is 600. The van der Waals surface area contributed by atoms with Gasteiger partial charge in [-0.1, -0.05) is 19.1 Å². The van der Waals surface area contributed by atoms with Crippen molar-refractivity contribution < 1.29 is 8.42 Å². The monoisotopic (exact) mass is 322 g/mol. The number of aryl methyl sites for hydroxylation is 1. The van der Waals surface area contributed by atoms with E-state index in [4.69, 9.17) is 0 Å². The second-order valence-electron chi connectivity index (χ2n) is 6.52. The fourth-order valence-corrected chi connectivity index (χ4v) is 4.70. The predicted octanol–water partition coefficient (Wildman–Crippen LogP) is 2.35. The molecule has 1 aromatic carbocycles. The van der Waals surface area contributed by atoms with Crippen LogP contribution in [0.25, 0.3) is 0 Å². The predicted molar refractivity (Wildman–Crippen MR) is 88.3 cm³/mol. The minimum absolute atomic E-state index is 0.424. The zero-order chi connectivity index (χ0) is 15.7. The van der Waals surface area contributed by atoms with E-state index in [1.807, 2.05) is 12.1 Å². The van der Waals surface area contributed by atoms with E-state index in [-0.39, 0.29) is 0 Å². The van der Waals surface area contributed by atoms with Crippen molar-refractivity contribution in [2.45, 2.75) is 44.0 Å². The molecule has 1 heterocycles. The van der Waals surface area contributed by atoms with Gasteiger partial charge in [-0.15, -0.1) is 0 Å². The summed E-state index contributed by atoms with van der Waals surface area (Å²) in [5.41, 5.74) is 1.17. The highest BCUT2D eigenvalue weighted by atomic mass is 32.2. The highest BCUT2D eigenvalue weighted by Gasteiger charge is 2.35. The van der Waals surface area contributed by atoms with Crippen LogP contribution in [0.1, 0.15) is 32.3 Å². The quantitative estimate of drug-likeness (QED) is 0.835. The number of piperazine rings is 1. The lowest BCUT2D eigenvalue weighted by Gasteiger charge is -2.37. The maximum Gasteiger partial charge on any atom is 0.243 e. The largest absolute Gasteiger partial charge is 0.298 e. The van der Waals surface area contributed by atoms with Crippen LogP contribution >= 0.6 is 0 Å². The van der Waals surface area contributed by atoms with E-state index < -0.39 is 10.0 Å². The van der Waals surface area contributed by atoms with Gasteiger partial charge in [-0.2, -0.15) is 4.31 Å². The lowest BCUT2D eigenvalue weighted by atomic mass is 10.1. The molecular weight excluding hydrogens is 296 g/mol. The van der Waals surface area contributed by atoms with E-state index in [1.165, 1.54) is 18.4 Å². The molecule has 1 aliphatic heterocycles. The van der Waals surface area contributed by atoms with Crippen LogP contribution in [0.15, 0.2) is 29.2 Å². The number of benzene rings is 1. The number of hydrogen-bond acceptors (Lipinski definition) is 3. The second kappa shape index (κ2) is 6.30. The number of rotatable bonds is 5. The van der Waals surface area contributed by atoms with Crippen LogP contribution in [0.2, 0.25) is 0 Å². The van der Waals surface area contributed by atoms with Crippen molar-refractivity contribution in [3.05, 3.63) is 29.8 Å². The molecule has 5 heteroatoms. The van der Waals surface area contributed by atoms with Gasteiger partial charge in [0.2, 0.25) is 10.0 Å². The normalized spacial score (nSPS) is 22.6. The van der Waals surface area contributed by atoms with Crippen molar-refractivity contribution in [3.8, 4) is 0 Å². The van der Waals surface area contributed by atoms with Gasteiger partial charge in [0.1, 0.15) is 0 Å². The molecule has 22 heavy (non-hydrogen) atoms. The third-order valence-corrected chi connectivity index (χ3v) is 7.04. The van der Waals surface area contributed by atoms with E-state index in [0.29, 0.717) is 24.0 Å². The smallest absolute Gasteiger partial charge is 0.243 e. The van der Waals surface area contributed by atoms with Crippen LogP contribution in [0.5, 0.6) is 0 Å². The summed E-state index contributed by atoms with van der Waals surface area (Å²) in [5.74, 6) is 0.838. The zero-order valence-corrected chi connectivity index (χ0v) is 14.3. The van der Waals surface area contributed by atoms with E-state index in [1.54, 1.807) is 16.4 Å². The Labute approximate surface area is 134 Å². The van der Waals surface area contributed by atoms with Gasteiger partial charge in [0, 0.05) is 32.2 Å². The highest BCUT2D eigenvalue weighted by molar-refractivity contribution is 7.89.